The molecule has 0 spiro atoms. The predicted molar refractivity (Wildman–Crippen MR) is 83.0 cm³/mol. The Labute approximate surface area is 236 Å². The van der Waals surface area contributed by atoms with Crippen LogP contribution in [0.2, 0.25) is 0 Å². The summed E-state index contributed by atoms with van der Waals surface area (Å²) >= 11 is 0. The summed E-state index contributed by atoms with van der Waals surface area (Å²) in [5, 5.41) is 23.5. The van der Waals surface area contributed by atoms with Gasteiger partial charge in [0.1, 0.15) is 0 Å². The fourth-order valence-corrected chi connectivity index (χ4v) is 2.37. The van der Waals surface area contributed by atoms with E-state index >= 15 is 0 Å². The van der Waals surface area contributed by atoms with E-state index in [-0.39, 0.29) is 122 Å². The number of unbranched alkanes of at least 4 members (excludes halogenated alkanes) is 8. The van der Waals surface area contributed by atoms with Crippen LogP contribution in [0.4, 0.5) is 0 Å². The fraction of sp³-hybridized carbons (Fsp3) is 0.824. The molecule has 0 fully saturated rings. The summed E-state index contributed by atoms with van der Waals surface area (Å²) in [4.78, 5) is 32.8. The first kappa shape index (κ1) is 31.4. The van der Waals surface area contributed by atoms with Gasteiger partial charge in [0.15, 0.2) is 0 Å². The molecule has 0 aromatic rings. The second-order valence-electron chi connectivity index (χ2n) is 5.93. The van der Waals surface area contributed by atoms with Gasteiger partial charge in [-0.15, -0.1) is 0 Å². The first-order valence-corrected chi connectivity index (χ1v) is 8.67. The molecular weight excluding hydrogens is 376 g/mol. The van der Waals surface area contributed by atoms with Crippen molar-refractivity contribution in [3.8, 4) is 0 Å². The molecule has 0 saturated heterocycles. The van der Waals surface area contributed by atoms with E-state index in [2.05, 4.69) is 12.2 Å². The fourth-order valence-electron chi connectivity index (χ4n) is 2.37. The van der Waals surface area contributed by atoms with Gasteiger partial charge in [-0.1, -0.05) is 58.3 Å². The Hall–Kier alpha value is 1.68. The number of amides is 1. The molecule has 8 heteroatoms. The molecule has 1 N–H and O–H groups in total. The molecule has 134 valence electrons. The molecule has 6 nitrogen and oxygen atoms in total. The van der Waals surface area contributed by atoms with E-state index in [4.69, 9.17) is 0 Å². The third kappa shape index (κ3) is 21.8. The first-order valence-electron chi connectivity index (χ1n) is 8.67. The van der Waals surface area contributed by atoms with Gasteiger partial charge in [-0.05, 0) is 19.3 Å². The summed E-state index contributed by atoms with van der Waals surface area (Å²) < 4.78 is 0. The zero-order valence-electron chi connectivity index (χ0n) is 16.1. The molecule has 0 radical (unpaired) electrons. The van der Waals surface area contributed by atoms with Crippen molar-refractivity contribution in [2.75, 3.05) is 0 Å². The molecule has 0 aliphatic heterocycles. The van der Waals surface area contributed by atoms with Crippen LogP contribution in [0.3, 0.4) is 0 Å². The van der Waals surface area contributed by atoms with E-state index in [1.165, 1.54) is 38.5 Å². The van der Waals surface area contributed by atoms with E-state index in [1.807, 2.05) is 0 Å². The second kappa shape index (κ2) is 22.0. The maximum absolute atomic E-state index is 11.6. The number of aliphatic carboxylic acids is 2. The molecular formula is C17H29K2NO5. The van der Waals surface area contributed by atoms with Crippen LogP contribution in [0, 0.1) is 0 Å². The average Bonchev–Trinajstić information content (AvgIpc) is 2.49. The molecule has 25 heavy (non-hydrogen) atoms. The van der Waals surface area contributed by atoms with Gasteiger partial charge in [-0.2, -0.15) is 0 Å². The minimum Gasteiger partial charge on any atom is -0.550 e. The number of hydrogen-bond donors (Lipinski definition) is 1. The van der Waals surface area contributed by atoms with Crippen LogP contribution in [0.15, 0.2) is 0 Å². The van der Waals surface area contributed by atoms with Crippen LogP contribution in [0.5, 0.6) is 0 Å². The Morgan fingerprint density at radius 1 is 0.800 bits per heavy atom. The zero-order valence-corrected chi connectivity index (χ0v) is 22.4. The molecule has 1 amide bonds. The van der Waals surface area contributed by atoms with Crippen molar-refractivity contribution < 1.29 is 127 Å². The first-order chi connectivity index (χ1) is 11.0. The molecule has 0 unspecified atom stereocenters. The van der Waals surface area contributed by atoms with Crippen molar-refractivity contribution >= 4 is 17.8 Å². The minimum atomic E-state index is -1.47. The monoisotopic (exact) mass is 405 g/mol. The number of carboxylic acid groups (broad SMARTS) is 2. The minimum absolute atomic E-state index is 0. The smallest absolute Gasteiger partial charge is 0.550 e. The van der Waals surface area contributed by atoms with Crippen LogP contribution < -0.4 is 118 Å². The van der Waals surface area contributed by atoms with Crippen LogP contribution in [0.1, 0.15) is 84.0 Å². The average molecular weight is 406 g/mol. The third-order valence-corrected chi connectivity index (χ3v) is 3.76. The van der Waals surface area contributed by atoms with Crippen molar-refractivity contribution in [1.29, 1.82) is 0 Å². The Balaban J connectivity index is -0.00000242. The maximum atomic E-state index is 11.6. The topological polar surface area (TPSA) is 109 Å². The standard InChI is InChI=1S/C17H31NO5.2K/c1-2-3-4-5-6-7-8-9-10-11-15(19)18-14(17(22)23)12-13-16(20)21;;/h14H,2-13H2,1H3,(H,18,19)(H,20,21)(H,22,23);;/q;2*+1/p-2/t14-;;/m1../s1. The van der Waals surface area contributed by atoms with Gasteiger partial charge in [-0.3, -0.25) is 4.79 Å². The Morgan fingerprint density at radius 3 is 1.72 bits per heavy atom. The Kier molecular flexibility index (Phi) is 27.6. The molecule has 1 atom stereocenters. The van der Waals surface area contributed by atoms with E-state index in [9.17, 15) is 24.6 Å². The van der Waals surface area contributed by atoms with Crippen molar-refractivity contribution in [2.24, 2.45) is 0 Å². The van der Waals surface area contributed by atoms with Crippen LogP contribution in [0.25, 0.3) is 0 Å². The molecule has 0 bridgehead atoms. The molecule has 0 rings (SSSR count). The van der Waals surface area contributed by atoms with E-state index in [0.29, 0.717) is 6.42 Å². The Bertz CT molecular complexity index is 367. The van der Waals surface area contributed by atoms with E-state index in [0.717, 1.165) is 12.8 Å². The molecule has 0 saturated carbocycles. The summed E-state index contributed by atoms with van der Waals surface area (Å²) in [5.74, 6) is -3.18. The normalized spacial score (nSPS) is 10.9. The quantitative estimate of drug-likeness (QED) is 0.216. The van der Waals surface area contributed by atoms with Crippen molar-refractivity contribution in [3.63, 3.8) is 0 Å². The summed E-state index contributed by atoms with van der Waals surface area (Å²) in [7, 11) is 0. The van der Waals surface area contributed by atoms with Crippen LogP contribution >= 0.6 is 0 Å². The number of hydrogen-bond acceptors (Lipinski definition) is 5. The Morgan fingerprint density at radius 2 is 1.28 bits per heavy atom. The van der Waals surface area contributed by atoms with Gasteiger partial charge in [0.25, 0.3) is 0 Å². The van der Waals surface area contributed by atoms with Crippen LogP contribution in [-0.2, 0) is 14.4 Å². The predicted octanol–water partition coefficient (Wildman–Crippen LogP) is -5.32. The third-order valence-electron chi connectivity index (χ3n) is 3.76. The number of carbonyl (C=O) groups is 3. The van der Waals surface area contributed by atoms with Crippen molar-refractivity contribution in [3.05, 3.63) is 0 Å². The van der Waals surface area contributed by atoms with Crippen molar-refractivity contribution in [2.45, 2.75) is 90.0 Å². The summed E-state index contributed by atoms with van der Waals surface area (Å²) in [6.45, 7) is 2.19. The van der Waals surface area contributed by atoms with Gasteiger partial charge in [0.05, 0.1) is 12.0 Å². The molecule has 0 aromatic heterocycles. The number of rotatable bonds is 15. The van der Waals surface area contributed by atoms with Gasteiger partial charge < -0.3 is 25.1 Å². The van der Waals surface area contributed by atoms with E-state index in [1.54, 1.807) is 0 Å². The summed E-state index contributed by atoms with van der Waals surface area (Å²) in [6, 6.07) is -1.26. The number of nitrogens with one attached hydrogen (secondary N) is 1. The van der Waals surface area contributed by atoms with Gasteiger partial charge >= 0.3 is 103 Å². The number of carbonyl (C=O) groups excluding carboxylic acids is 3. The second-order valence-corrected chi connectivity index (χ2v) is 5.93. The van der Waals surface area contributed by atoms with E-state index < -0.39 is 24.4 Å². The van der Waals surface area contributed by atoms with Gasteiger partial charge in [-0.25, -0.2) is 0 Å². The molecule has 0 heterocycles. The summed E-state index contributed by atoms with van der Waals surface area (Å²) in [6.07, 6.45) is 9.82. The van der Waals surface area contributed by atoms with Gasteiger partial charge in [0.2, 0.25) is 5.91 Å². The van der Waals surface area contributed by atoms with Crippen LogP contribution in [-0.4, -0.2) is 23.9 Å². The maximum Gasteiger partial charge on any atom is 1.00 e. The summed E-state index contributed by atoms with van der Waals surface area (Å²) in [5.41, 5.74) is 0. The number of carboxylic acids is 2. The molecule has 0 aliphatic carbocycles. The largest absolute Gasteiger partial charge is 1.00 e. The zero-order chi connectivity index (χ0) is 17.5. The SMILES string of the molecule is CCCCCCCCCCCC(=O)N[C@H](CCC(=O)[O-])C(=O)[O-].[K+].[K+]. The molecule has 0 aliphatic rings. The van der Waals surface area contributed by atoms with Gasteiger partial charge in [0, 0.05) is 12.4 Å². The molecule has 0 aromatic carbocycles. The van der Waals surface area contributed by atoms with Crippen molar-refractivity contribution in [1.82, 2.24) is 5.32 Å².